The molecule has 0 aliphatic carbocycles. The molecule has 0 radical (unpaired) electrons. The van der Waals surface area contributed by atoms with Crippen molar-refractivity contribution in [3.63, 3.8) is 0 Å². The zero-order chi connectivity index (χ0) is 18.4. The molecule has 1 aromatic heterocycles. The molecule has 1 aliphatic rings. The van der Waals surface area contributed by atoms with Crippen molar-refractivity contribution in [3.05, 3.63) is 36.0 Å². The van der Waals surface area contributed by atoms with Gasteiger partial charge in [0.05, 0.1) is 7.11 Å². The third-order valence-electron chi connectivity index (χ3n) is 4.70. The molecular formula is C20H29N5O. The van der Waals surface area contributed by atoms with E-state index in [1.807, 2.05) is 19.1 Å². The normalized spacial score (nSPS) is 14.4. The second-order valence-corrected chi connectivity index (χ2v) is 6.64. The lowest BCUT2D eigenvalue weighted by atomic mass is 10.2. The van der Waals surface area contributed by atoms with Crippen LogP contribution >= 0.6 is 0 Å². The molecule has 0 unspecified atom stereocenters. The second-order valence-electron chi connectivity index (χ2n) is 6.64. The third kappa shape index (κ3) is 4.56. The Morgan fingerprint density at radius 2 is 1.73 bits per heavy atom. The monoisotopic (exact) mass is 355 g/mol. The van der Waals surface area contributed by atoms with E-state index >= 15 is 0 Å². The van der Waals surface area contributed by atoms with Crippen molar-refractivity contribution in [2.24, 2.45) is 0 Å². The molecule has 2 heterocycles. The maximum absolute atomic E-state index is 5.24. The first-order valence-corrected chi connectivity index (χ1v) is 9.43. The molecule has 1 aliphatic heterocycles. The highest BCUT2D eigenvalue weighted by molar-refractivity contribution is 5.52. The molecule has 0 bridgehead atoms. The molecule has 0 saturated carbocycles. The average molecular weight is 355 g/mol. The summed E-state index contributed by atoms with van der Waals surface area (Å²) >= 11 is 0. The highest BCUT2D eigenvalue weighted by Crippen LogP contribution is 2.22. The Hall–Kier alpha value is -2.50. The minimum atomic E-state index is 0.742. The van der Waals surface area contributed by atoms with Crippen LogP contribution in [0.3, 0.4) is 0 Å². The molecule has 0 atom stereocenters. The summed E-state index contributed by atoms with van der Waals surface area (Å²) in [6.45, 7) is 9.01. The van der Waals surface area contributed by atoms with Gasteiger partial charge < -0.3 is 19.9 Å². The number of nitrogens with zero attached hydrogens (tertiary/aromatic N) is 4. The minimum Gasteiger partial charge on any atom is -0.497 e. The zero-order valence-electron chi connectivity index (χ0n) is 16.0. The van der Waals surface area contributed by atoms with Crippen molar-refractivity contribution in [2.45, 2.75) is 26.7 Å². The van der Waals surface area contributed by atoms with E-state index in [2.05, 4.69) is 45.2 Å². The van der Waals surface area contributed by atoms with E-state index in [0.29, 0.717) is 0 Å². The van der Waals surface area contributed by atoms with E-state index in [4.69, 9.17) is 9.72 Å². The van der Waals surface area contributed by atoms with Crippen LogP contribution in [0.25, 0.3) is 0 Å². The van der Waals surface area contributed by atoms with E-state index in [1.165, 1.54) is 12.1 Å². The maximum Gasteiger partial charge on any atom is 0.224 e. The van der Waals surface area contributed by atoms with Crippen LogP contribution in [0.5, 0.6) is 5.75 Å². The van der Waals surface area contributed by atoms with Crippen LogP contribution in [-0.4, -0.2) is 49.8 Å². The lowest BCUT2D eigenvalue weighted by Gasteiger charge is -2.37. The van der Waals surface area contributed by atoms with Gasteiger partial charge in [-0.3, -0.25) is 0 Å². The number of aromatic nitrogens is 2. The first-order valence-electron chi connectivity index (χ1n) is 9.43. The molecule has 6 heteroatoms. The fourth-order valence-electron chi connectivity index (χ4n) is 3.16. The van der Waals surface area contributed by atoms with Gasteiger partial charge in [-0.15, -0.1) is 0 Å². The van der Waals surface area contributed by atoms with Crippen molar-refractivity contribution in [1.82, 2.24) is 9.97 Å². The molecule has 2 aromatic rings. The van der Waals surface area contributed by atoms with E-state index in [1.54, 1.807) is 7.11 Å². The fraction of sp³-hybridized carbons (Fsp3) is 0.500. The Morgan fingerprint density at radius 3 is 2.38 bits per heavy atom. The van der Waals surface area contributed by atoms with Crippen LogP contribution < -0.4 is 19.9 Å². The number of unbranched alkanes of at least 4 members (excludes halogenated alkanes) is 1. The Labute approximate surface area is 156 Å². The van der Waals surface area contributed by atoms with E-state index in [-0.39, 0.29) is 0 Å². The van der Waals surface area contributed by atoms with Crippen LogP contribution in [0, 0.1) is 6.92 Å². The SMILES string of the molecule is CCCCNc1nc(C)cc(N2CCN(c3ccc(OC)cc3)CC2)n1. The summed E-state index contributed by atoms with van der Waals surface area (Å²) < 4.78 is 5.24. The Morgan fingerprint density at radius 1 is 1.04 bits per heavy atom. The van der Waals surface area contributed by atoms with Gasteiger partial charge in [-0.05, 0) is 37.6 Å². The summed E-state index contributed by atoms with van der Waals surface area (Å²) in [7, 11) is 1.70. The quantitative estimate of drug-likeness (QED) is 0.769. The number of rotatable bonds is 7. The average Bonchev–Trinajstić information content (AvgIpc) is 2.68. The van der Waals surface area contributed by atoms with Gasteiger partial charge in [-0.25, -0.2) is 4.98 Å². The molecule has 1 fully saturated rings. The van der Waals surface area contributed by atoms with Gasteiger partial charge in [-0.1, -0.05) is 13.3 Å². The summed E-state index contributed by atoms with van der Waals surface area (Å²) in [5.41, 5.74) is 2.25. The van der Waals surface area contributed by atoms with Gasteiger partial charge in [0.25, 0.3) is 0 Å². The Kier molecular flexibility index (Phi) is 6.15. The van der Waals surface area contributed by atoms with Gasteiger partial charge in [-0.2, -0.15) is 4.98 Å². The summed E-state index contributed by atoms with van der Waals surface area (Å²) in [6, 6.07) is 10.4. The number of anilines is 3. The second kappa shape index (κ2) is 8.74. The van der Waals surface area contributed by atoms with Crippen molar-refractivity contribution in [1.29, 1.82) is 0 Å². The van der Waals surface area contributed by atoms with Crippen molar-refractivity contribution >= 4 is 17.5 Å². The molecule has 1 N–H and O–H groups in total. The molecule has 1 saturated heterocycles. The van der Waals surface area contributed by atoms with Crippen molar-refractivity contribution in [3.8, 4) is 5.75 Å². The fourth-order valence-corrected chi connectivity index (χ4v) is 3.16. The molecular weight excluding hydrogens is 326 g/mol. The van der Waals surface area contributed by atoms with E-state index < -0.39 is 0 Å². The number of hydrogen-bond donors (Lipinski definition) is 1. The minimum absolute atomic E-state index is 0.742. The van der Waals surface area contributed by atoms with Crippen LogP contribution in [-0.2, 0) is 0 Å². The summed E-state index contributed by atoms with van der Waals surface area (Å²) in [4.78, 5) is 14.0. The lowest BCUT2D eigenvalue weighted by molar-refractivity contribution is 0.415. The topological polar surface area (TPSA) is 53.5 Å². The maximum atomic E-state index is 5.24. The van der Waals surface area contributed by atoms with Gasteiger partial charge in [0.1, 0.15) is 11.6 Å². The first-order chi connectivity index (χ1) is 12.7. The van der Waals surface area contributed by atoms with Gasteiger partial charge in [0.15, 0.2) is 0 Å². The smallest absolute Gasteiger partial charge is 0.224 e. The molecule has 0 amide bonds. The van der Waals surface area contributed by atoms with E-state index in [0.717, 1.165) is 62.4 Å². The number of nitrogens with one attached hydrogen (secondary N) is 1. The molecule has 140 valence electrons. The molecule has 3 rings (SSSR count). The summed E-state index contributed by atoms with van der Waals surface area (Å²) in [5, 5.41) is 3.34. The number of methoxy groups -OCH3 is 1. The number of ether oxygens (including phenoxy) is 1. The number of aryl methyl sites for hydroxylation is 1. The predicted molar refractivity (Wildman–Crippen MR) is 108 cm³/mol. The molecule has 6 nitrogen and oxygen atoms in total. The van der Waals surface area contributed by atoms with Crippen molar-refractivity contribution < 1.29 is 4.74 Å². The van der Waals surface area contributed by atoms with Crippen LogP contribution in [0.1, 0.15) is 25.5 Å². The zero-order valence-corrected chi connectivity index (χ0v) is 16.0. The number of piperazine rings is 1. The molecule has 1 aromatic carbocycles. The Bertz CT molecular complexity index is 696. The Balaban J connectivity index is 1.61. The highest BCUT2D eigenvalue weighted by atomic mass is 16.5. The molecule has 26 heavy (non-hydrogen) atoms. The van der Waals surface area contributed by atoms with Crippen molar-refractivity contribution in [2.75, 3.05) is 55.0 Å². The highest BCUT2D eigenvalue weighted by Gasteiger charge is 2.19. The largest absolute Gasteiger partial charge is 0.497 e. The van der Waals surface area contributed by atoms with Crippen LogP contribution in [0.15, 0.2) is 30.3 Å². The number of benzene rings is 1. The van der Waals surface area contributed by atoms with Crippen LogP contribution in [0.4, 0.5) is 17.5 Å². The van der Waals surface area contributed by atoms with Gasteiger partial charge >= 0.3 is 0 Å². The summed E-state index contributed by atoms with van der Waals surface area (Å²) in [6.07, 6.45) is 2.30. The lowest BCUT2D eigenvalue weighted by Crippen LogP contribution is -2.46. The van der Waals surface area contributed by atoms with Gasteiger partial charge in [0, 0.05) is 50.2 Å². The standard InChI is InChI=1S/C20H29N5O/c1-4-5-10-21-20-22-16(2)15-19(23-20)25-13-11-24(12-14-25)17-6-8-18(26-3)9-7-17/h6-9,15H,4-5,10-14H2,1-3H3,(H,21,22,23). The summed E-state index contributed by atoms with van der Waals surface area (Å²) in [5.74, 6) is 2.66. The first kappa shape index (κ1) is 18.3. The van der Waals surface area contributed by atoms with Gasteiger partial charge in [0.2, 0.25) is 5.95 Å². The number of hydrogen-bond acceptors (Lipinski definition) is 6. The predicted octanol–water partition coefficient (Wildman–Crippen LogP) is 3.33. The van der Waals surface area contributed by atoms with E-state index in [9.17, 15) is 0 Å². The molecule has 0 spiro atoms. The van der Waals surface area contributed by atoms with Crippen LogP contribution in [0.2, 0.25) is 0 Å². The third-order valence-corrected chi connectivity index (χ3v) is 4.70.